The van der Waals surface area contributed by atoms with Crippen molar-refractivity contribution in [3.8, 4) is 0 Å². The minimum atomic E-state index is -3.85. The Morgan fingerprint density at radius 3 is 2.69 bits per heavy atom. The van der Waals surface area contributed by atoms with Crippen LogP contribution in [0.2, 0.25) is 0 Å². The average molecular weight is 473 g/mol. The number of para-hydroxylation sites is 1. The highest BCUT2D eigenvalue weighted by atomic mass is 32.2. The summed E-state index contributed by atoms with van der Waals surface area (Å²) in [4.78, 5) is 19.6. The van der Waals surface area contributed by atoms with Gasteiger partial charge in [0.2, 0.25) is 5.91 Å². The minimum absolute atomic E-state index is 0.0507. The van der Waals surface area contributed by atoms with Crippen molar-refractivity contribution in [2.45, 2.75) is 24.2 Å². The summed E-state index contributed by atoms with van der Waals surface area (Å²) in [5.41, 5.74) is 2.85. The molecule has 0 aliphatic heterocycles. The van der Waals surface area contributed by atoms with Crippen molar-refractivity contribution in [1.29, 1.82) is 0 Å². The molecular formula is C22H21FN4O3S2. The zero-order valence-electron chi connectivity index (χ0n) is 17.0. The molecule has 4 aromatic rings. The standard InChI is InChI=1S/C22H21FN4O3S2/c23-16-5-8-18(9-6-16)32(29,30)27-22-26-17(14-31-22)7-10-21(28)24-12-11-15-13-25-20-4-2-1-3-19(15)20/h1-6,8-9,13-14,25H,7,10-12H2,(H,24,28)(H,26,27). The molecule has 2 aromatic carbocycles. The summed E-state index contributed by atoms with van der Waals surface area (Å²) in [7, 11) is -3.85. The zero-order chi connectivity index (χ0) is 22.6. The van der Waals surface area contributed by atoms with Crippen molar-refractivity contribution in [2.24, 2.45) is 0 Å². The summed E-state index contributed by atoms with van der Waals surface area (Å²) in [5, 5.41) is 5.97. The lowest BCUT2D eigenvalue weighted by Gasteiger charge is -2.05. The molecule has 3 N–H and O–H groups in total. The van der Waals surface area contributed by atoms with E-state index in [1.54, 1.807) is 5.38 Å². The van der Waals surface area contributed by atoms with Crippen molar-refractivity contribution in [3.63, 3.8) is 0 Å². The summed E-state index contributed by atoms with van der Waals surface area (Å²) in [6.07, 6.45) is 3.33. The number of anilines is 1. The van der Waals surface area contributed by atoms with Crippen LogP contribution in [0.5, 0.6) is 0 Å². The fourth-order valence-corrected chi connectivity index (χ4v) is 5.26. The number of benzene rings is 2. The lowest BCUT2D eigenvalue weighted by molar-refractivity contribution is -0.121. The van der Waals surface area contributed by atoms with Crippen LogP contribution in [-0.2, 0) is 27.7 Å². The molecule has 0 saturated carbocycles. The topological polar surface area (TPSA) is 104 Å². The largest absolute Gasteiger partial charge is 0.361 e. The predicted molar refractivity (Wildman–Crippen MR) is 123 cm³/mol. The number of sulfonamides is 1. The number of aromatic amines is 1. The number of aryl methyl sites for hydroxylation is 1. The summed E-state index contributed by atoms with van der Waals surface area (Å²) in [6.45, 7) is 0.528. The maximum Gasteiger partial charge on any atom is 0.263 e. The Kier molecular flexibility index (Phi) is 6.52. The fraction of sp³-hybridized carbons (Fsp3) is 0.182. The Morgan fingerprint density at radius 1 is 1.09 bits per heavy atom. The molecule has 2 aromatic heterocycles. The van der Waals surface area contributed by atoms with Crippen molar-refractivity contribution in [2.75, 3.05) is 11.3 Å². The molecule has 0 radical (unpaired) electrons. The SMILES string of the molecule is O=C(CCc1csc(NS(=O)(=O)c2ccc(F)cc2)n1)NCCc1c[nH]c2ccccc12. The van der Waals surface area contributed by atoms with Gasteiger partial charge in [0.1, 0.15) is 5.82 Å². The molecule has 0 fully saturated rings. The first-order chi connectivity index (χ1) is 15.4. The maximum atomic E-state index is 13.0. The van der Waals surface area contributed by atoms with Gasteiger partial charge in [0.05, 0.1) is 10.6 Å². The Labute approximate surface area is 188 Å². The van der Waals surface area contributed by atoms with Crippen molar-refractivity contribution >= 4 is 43.3 Å². The third-order valence-corrected chi connectivity index (χ3v) is 7.19. The quantitative estimate of drug-likeness (QED) is 0.344. The van der Waals surface area contributed by atoms with E-state index in [1.807, 2.05) is 30.5 Å². The molecule has 0 saturated heterocycles. The van der Waals surface area contributed by atoms with Crippen LogP contribution < -0.4 is 10.0 Å². The van der Waals surface area contributed by atoms with Gasteiger partial charge in [-0.3, -0.25) is 9.52 Å². The molecule has 0 aliphatic rings. The van der Waals surface area contributed by atoms with Gasteiger partial charge in [-0.15, -0.1) is 11.3 Å². The van der Waals surface area contributed by atoms with Gasteiger partial charge in [-0.2, -0.15) is 0 Å². The first-order valence-electron chi connectivity index (χ1n) is 9.95. The number of hydrogen-bond acceptors (Lipinski definition) is 5. The molecule has 0 unspecified atom stereocenters. The van der Waals surface area contributed by atoms with E-state index in [1.165, 1.54) is 12.1 Å². The highest BCUT2D eigenvalue weighted by molar-refractivity contribution is 7.93. The minimum Gasteiger partial charge on any atom is -0.361 e. The number of hydrogen-bond donors (Lipinski definition) is 3. The Bertz CT molecular complexity index is 1330. The van der Waals surface area contributed by atoms with Crippen LogP contribution in [0.25, 0.3) is 10.9 Å². The molecule has 2 heterocycles. The van der Waals surface area contributed by atoms with Gasteiger partial charge >= 0.3 is 0 Å². The summed E-state index contributed by atoms with van der Waals surface area (Å²) >= 11 is 1.13. The molecule has 7 nitrogen and oxygen atoms in total. The number of carbonyl (C=O) groups is 1. The van der Waals surface area contributed by atoms with E-state index in [2.05, 4.69) is 20.0 Å². The monoisotopic (exact) mass is 472 g/mol. The number of amides is 1. The van der Waals surface area contributed by atoms with Gasteiger partial charge in [-0.1, -0.05) is 18.2 Å². The number of fused-ring (bicyclic) bond motifs is 1. The predicted octanol–water partition coefficient (Wildman–Crippen LogP) is 3.86. The number of carbonyl (C=O) groups excluding carboxylic acids is 1. The van der Waals surface area contributed by atoms with E-state index >= 15 is 0 Å². The van der Waals surface area contributed by atoms with Crippen LogP contribution in [-0.4, -0.2) is 30.8 Å². The van der Waals surface area contributed by atoms with Crippen LogP contribution in [0.1, 0.15) is 17.7 Å². The second kappa shape index (κ2) is 9.49. The van der Waals surface area contributed by atoms with E-state index in [9.17, 15) is 17.6 Å². The number of nitrogens with one attached hydrogen (secondary N) is 3. The van der Waals surface area contributed by atoms with Crippen molar-refractivity contribution in [1.82, 2.24) is 15.3 Å². The van der Waals surface area contributed by atoms with E-state index in [0.717, 1.165) is 46.4 Å². The average Bonchev–Trinajstić information content (AvgIpc) is 3.39. The van der Waals surface area contributed by atoms with Crippen LogP contribution in [0.4, 0.5) is 9.52 Å². The second-order valence-corrected chi connectivity index (χ2v) is 9.70. The Hall–Kier alpha value is -3.24. The van der Waals surface area contributed by atoms with Crippen molar-refractivity contribution < 1.29 is 17.6 Å². The van der Waals surface area contributed by atoms with E-state index in [0.29, 0.717) is 18.7 Å². The fourth-order valence-electron chi connectivity index (χ4n) is 3.26. The first-order valence-corrected chi connectivity index (χ1v) is 12.3. The number of aromatic nitrogens is 2. The van der Waals surface area contributed by atoms with Crippen LogP contribution in [0.15, 0.2) is 65.0 Å². The number of nitrogens with zero attached hydrogens (tertiary/aromatic N) is 1. The van der Waals surface area contributed by atoms with Crippen molar-refractivity contribution in [3.05, 3.63) is 77.2 Å². The van der Waals surface area contributed by atoms with Gasteiger partial charge in [0.25, 0.3) is 10.0 Å². The number of H-pyrrole nitrogens is 1. The van der Waals surface area contributed by atoms with E-state index in [4.69, 9.17) is 0 Å². The van der Waals surface area contributed by atoms with Gasteiger partial charge in [-0.05, 0) is 48.7 Å². The molecule has 32 heavy (non-hydrogen) atoms. The molecule has 0 spiro atoms. The first kappa shape index (κ1) is 22.0. The van der Waals surface area contributed by atoms with Gasteiger partial charge in [0, 0.05) is 35.4 Å². The molecule has 1 amide bonds. The van der Waals surface area contributed by atoms with Crippen LogP contribution in [0, 0.1) is 5.82 Å². The summed E-state index contributed by atoms with van der Waals surface area (Å²) in [5.74, 6) is -0.605. The van der Waals surface area contributed by atoms with E-state index < -0.39 is 15.8 Å². The second-order valence-electron chi connectivity index (χ2n) is 7.16. The highest BCUT2D eigenvalue weighted by Gasteiger charge is 2.16. The summed E-state index contributed by atoms with van der Waals surface area (Å²) < 4.78 is 40.1. The molecule has 10 heteroatoms. The number of thiazole rings is 1. The molecule has 166 valence electrons. The van der Waals surface area contributed by atoms with Crippen LogP contribution >= 0.6 is 11.3 Å². The van der Waals surface area contributed by atoms with Gasteiger partial charge in [0.15, 0.2) is 5.13 Å². The zero-order valence-corrected chi connectivity index (χ0v) is 18.6. The molecule has 0 aliphatic carbocycles. The molecule has 0 bridgehead atoms. The Morgan fingerprint density at radius 2 is 1.88 bits per heavy atom. The highest BCUT2D eigenvalue weighted by Crippen LogP contribution is 2.21. The lowest BCUT2D eigenvalue weighted by atomic mass is 10.1. The molecule has 4 rings (SSSR count). The van der Waals surface area contributed by atoms with Crippen LogP contribution in [0.3, 0.4) is 0 Å². The lowest BCUT2D eigenvalue weighted by Crippen LogP contribution is -2.25. The van der Waals surface area contributed by atoms with E-state index in [-0.39, 0.29) is 22.4 Å². The molecular weight excluding hydrogens is 451 g/mol. The maximum absolute atomic E-state index is 13.0. The van der Waals surface area contributed by atoms with Gasteiger partial charge < -0.3 is 10.3 Å². The summed E-state index contributed by atoms with van der Waals surface area (Å²) in [6, 6.07) is 12.6. The third kappa shape index (κ3) is 5.32. The number of rotatable bonds is 9. The molecule has 0 atom stereocenters. The smallest absolute Gasteiger partial charge is 0.263 e. The number of halogens is 1. The Balaban J connectivity index is 1.24. The van der Waals surface area contributed by atoms with Gasteiger partial charge in [-0.25, -0.2) is 17.8 Å². The normalized spacial score (nSPS) is 11.5. The third-order valence-electron chi connectivity index (χ3n) is 4.90.